The van der Waals surface area contributed by atoms with Crippen LogP contribution in [0.25, 0.3) is 0 Å². The largest absolute Gasteiger partial charge is 0.384 e. The summed E-state index contributed by atoms with van der Waals surface area (Å²) in [5.41, 5.74) is 5.11. The van der Waals surface area contributed by atoms with Crippen LogP contribution in [-0.2, 0) is 14.3 Å². The average molecular weight is 309 g/mol. The highest BCUT2D eigenvalue weighted by atomic mass is 35.5. The van der Waals surface area contributed by atoms with E-state index in [2.05, 4.69) is 5.32 Å². The first kappa shape index (κ1) is 19.6. The molecule has 0 saturated heterocycles. The summed E-state index contributed by atoms with van der Waals surface area (Å²) in [6.07, 6.45) is 0.642. The molecule has 3 atom stereocenters. The molecule has 0 bridgehead atoms. The second-order valence-electron chi connectivity index (χ2n) is 6.11. The lowest BCUT2D eigenvalue weighted by Crippen LogP contribution is -2.75. The highest BCUT2D eigenvalue weighted by Crippen LogP contribution is 2.49. The summed E-state index contributed by atoms with van der Waals surface area (Å²) in [5.74, 6) is 0.194. The molecule has 120 valence electrons. The van der Waals surface area contributed by atoms with Gasteiger partial charge in [-0.15, -0.1) is 12.4 Å². The molecule has 0 aromatic carbocycles. The third kappa shape index (κ3) is 3.64. The third-order valence-electron chi connectivity index (χ3n) is 4.30. The van der Waals surface area contributed by atoms with Crippen LogP contribution < -0.4 is 11.1 Å². The number of halogens is 1. The van der Waals surface area contributed by atoms with Crippen LogP contribution >= 0.6 is 12.4 Å². The monoisotopic (exact) mass is 308 g/mol. The molecule has 0 spiro atoms. The first-order valence-corrected chi connectivity index (χ1v) is 6.97. The molecule has 1 aliphatic rings. The van der Waals surface area contributed by atoms with Crippen molar-refractivity contribution in [3.05, 3.63) is 0 Å². The number of amides is 1. The van der Waals surface area contributed by atoms with E-state index in [1.807, 2.05) is 27.7 Å². The number of carbonyl (C=O) groups excluding carboxylic acids is 1. The number of ether oxygens (including phenoxy) is 2. The van der Waals surface area contributed by atoms with Gasteiger partial charge in [0.15, 0.2) is 0 Å². The molecule has 20 heavy (non-hydrogen) atoms. The molecule has 1 rings (SSSR count). The summed E-state index contributed by atoms with van der Waals surface area (Å²) in [4.78, 5) is 12.3. The molecular formula is C14H29ClN2O3. The normalized spacial score (nSPS) is 29.0. The van der Waals surface area contributed by atoms with Gasteiger partial charge in [-0.3, -0.25) is 4.79 Å². The SMILES string of the molecule is CCOC1CC(N)(C(=O)NCC(C)COC)C1(C)C.Cl. The molecule has 0 heterocycles. The molecule has 0 aliphatic heterocycles. The zero-order valence-corrected chi connectivity index (χ0v) is 14.0. The Morgan fingerprint density at radius 3 is 2.55 bits per heavy atom. The van der Waals surface area contributed by atoms with Crippen molar-refractivity contribution in [2.45, 2.75) is 45.8 Å². The van der Waals surface area contributed by atoms with Gasteiger partial charge in [0.1, 0.15) is 5.54 Å². The fourth-order valence-electron chi connectivity index (χ4n) is 2.59. The second-order valence-corrected chi connectivity index (χ2v) is 6.11. The van der Waals surface area contributed by atoms with Crippen molar-refractivity contribution in [3.8, 4) is 0 Å². The van der Waals surface area contributed by atoms with Crippen molar-refractivity contribution in [1.29, 1.82) is 0 Å². The lowest BCUT2D eigenvalue weighted by Gasteiger charge is -2.57. The summed E-state index contributed by atoms with van der Waals surface area (Å²) in [6, 6.07) is 0. The molecule has 1 amide bonds. The van der Waals surface area contributed by atoms with E-state index < -0.39 is 5.54 Å². The van der Waals surface area contributed by atoms with E-state index in [4.69, 9.17) is 15.2 Å². The first-order valence-electron chi connectivity index (χ1n) is 6.97. The molecule has 3 N–H and O–H groups in total. The van der Waals surface area contributed by atoms with Crippen LogP contribution in [0, 0.1) is 11.3 Å². The zero-order chi connectivity index (χ0) is 14.7. The fourth-order valence-corrected chi connectivity index (χ4v) is 2.59. The maximum absolute atomic E-state index is 12.3. The van der Waals surface area contributed by atoms with Gasteiger partial charge in [-0.1, -0.05) is 20.8 Å². The zero-order valence-electron chi connectivity index (χ0n) is 13.2. The number of hydrogen-bond donors (Lipinski definition) is 2. The predicted octanol–water partition coefficient (Wildman–Crippen LogP) is 1.34. The molecule has 6 heteroatoms. The van der Waals surface area contributed by atoms with E-state index in [0.29, 0.717) is 26.2 Å². The van der Waals surface area contributed by atoms with E-state index >= 15 is 0 Å². The standard InChI is InChI=1S/C14H28N2O3.ClH/c1-6-19-11-7-14(15,13(11,3)4)12(17)16-8-10(2)9-18-5;/h10-11H,6-9,15H2,1-5H3,(H,16,17);1H. The molecule has 5 nitrogen and oxygen atoms in total. The number of carbonyl (C=O) groups is 1. The molecule has 0 aromatic heterocycles. The van der Waals surface area contributed by atoms with Crippen LogP contribution in [-0.4, -0.2) is 44.4 Å². The minimum Gasteiger partial charge on any atom is -0.384 e. The maximum Gasteiger partial charge on any atom is 0.240 e. The van der Waals surface area contributed by atoms with Crippen molar-refractivity contribution in [3.63, 3.8) is 0 Å². The van der Waals surface area contributed by atoms with Crippen molar-refractivity contribution in [2.75, 3.05) is 26.9 Å². The van der Waals surface area contributed by atoms with Crippen molar-refractivity contribution < 1.29 is 14.3 Å². The molecule has 1 aliphatic carbocycles. The average Bonchev–Trinajstić information content (AvgIpc) is 2.35. The molecule has 1 saturated carbocycles. The maximum atomic E-state index is 12.3. The van der Waals surface area contributed by atoms with Gasteiger partial charge >= 0.3 is 0 Å². The fraction of sp³-hybridized carbons (Fsp3) is 0.929. The molecule has 0 aromatic rings. The van der Waals surface area contributed by atoms with E-state index in [1.54, 1.807) is 7.11 Å². The highest BCUT2D eigenvalue weighted by Gasteiger charge is 2.62. The van der Waals surface area contributed by atoms with E-state index in [1.165, 1.54) is 0 Å². The minimum absolute atomic E-state index is 0. The van der Waals surface area contributed by atoms with Crippen LogP contribution in [0.15, 0.2) is 0 Å². The first-order chi connectivity index (χ1) is 8.79. The van der Waals surface area contributed by atoms with Gasteiger partial charge in [0, 0.05) is 32.1 Å². The Kier molecular flexibility index (Phi) is 7.46. The molecule has 1 fully saturated rings. The van der Waals surface area contributed by atoms with Crippen LogP contribution in [0.2, 0.25) is 0 Å². The molecule has 3 unspecified atom stereocenters. The van der Waals surface area contributed by atoms with Gasteiger partial charge in [-0.2, -0.15) is 0 Å². The number of nitrogens with two attached hydrogens (primary N) is 1. The summed E-state index contributed by atoms with van der Waals surface area (Å²) < 4.78 is 10.7. The number of nitrogens with one attached hydrogen (secondary N) is 1. The van der Waals surface area contributed by atoms with Gasteiger partial charge in [-0.05, 0) is 12.8 Å². The van der Waals surface area contributed by atoms with Gasteiger partial charge in [0.25, 0.3) is 0 Å². The third-order valence-corrected chi connectivity index (χ3v) is 4.30. The Bertz CT molecular complexity index is 326. The van der Waals surface area contributed by atoms with Gasteiger partial charge in [-0.25, -0.2) is 0 Å². The summed E-state index contributed by atoms with van der Waals surface area (Å²) in [5, 5.41) is 2.93. The molecule has 0 radical (unpaired) electrons. The van der Waals surface area contributed by atoms with E-state index in [-0.39, 0.29) is 35.8 Å². The lowest BCUT2D eigenvalue weighted by molar-refractivity contribution is -0.170. The van der Waals surface area contributed by atoms with Crippen LogP contribution in [0.3, 0.4) is 0 Å². The van der Waals surface area contributed by atoms with Gasteiger partial charge in [0.2, 0.25) is 5.91 Å². The van der Waals surface area contributed by atoms with Crippen LogP contribution in [0.5, 0.6) is 0 Å². The van der Waals surface area contributed by atoms with Crippen LogP contribution in [0.4, 0.5) is 0 Å². The molecular weight excluding hydrogens is 280 g/mol. The highest BCUT2D eigenvalue weighted by molar-refractivity contribution is 5.88. The Morgan fingerprint density at radius 2 is 2.10 bits per heavy atom. The van der Waals surface area contributed by atoms with E-state index in [0.717, 1.165) is 0 Å². The number of rotatable bonds is 7. The lowest BCUT2D eigenvalue weighted by atomic mass is 9.54. The van der Waals surface area contributed by atoms with Crippen molar-refractivity contribution in [1.82, 2.24) is 5.32 Å². The summed E-state index contributed by atoms with van der Waals surface area (Å²) in [7, 11) is 1.66. The summed E-state index contributed by atoms with van der Waals surface area (Å²) in [6.45, 7) is 9.84. The quantitative estimate of drug-likeness (QED) is 0.744. The van der Waals surface area contributed by atoms with Crippen molar-refractivity contribution in [2.24, 2.45) is 17.1 Å². The number of hydrogen-bond acceptors (Lipinski definition) is 4. The summed E-state index contributed by atoms with van der Waals surface area (Å²) >= 11 is 0. The Hall–Kier alpha value is -0.360. The van der Waals surface area contributed by atoms with E-state index in [9.17, 15) is 4.79 Å². The Morgan fingerprint density at radius 1 is 1.50 bits per heavy atom. The Labute approximate surface area is 128 Å². The minimum atomic E-state index is -0.834. The predicted molar refractivity (Wildman–Crippen MR) is 82.0 cm³/mol. The van der Waals surface area contributed by atoms with Crippen molar-refractivity contribution >= 4 is 18.3 Å². The van der Waals surface area contributed by atoms with Gasteiger partial charge in [0.05, 0.1) is 12.7 Å². The second kappa shape index (κ2) is 7.59. The number of methoxy groups -OCH3 is 1. The van der Waals surface area contributed by atoms with Crippen LogP contribution in [0.1, 0.15) is 34.1 Å². The smallest absolute Gasteiger partial charge is 0.240 e. The van der Waals surface area contributed by atoms with Gasteiger partial charge < -0.3 is 20.5 Å². The topological polar surface area (TPSA) is 73.6 Å². The Balaban J connectivity index is 0.00000361.